The van der Waals surface area contributed by atoms with E-state index < -0.39 is 0 Å². The highest BCUT2D eigenvalue weighted by atomic mass is 35.5. The number of nitrogens with zero attached hydrogens (tertiary/aromatic N) is 3. The van der Waals surface area contributed by atoms with Gasteiger partial charge in [0.15, 0.2) is 11.0 Å². The van der Waals surface area contributed by atoms with Crippen LogP contribution in [0.1, 0.15) is 36.7 Å². The number of hydrogen-bond donors (Lipinski definition) is 1. The molecular formula is C21H22ClFN4OS. The molecule has 0 unspecified atom stereocenters. The molecule has 0 aliphatic carbocycles. The number of aryl methyl sites for hydroxylation is 1. The Balaban J connectivity index is 1.89. The number of amides is 1. The van der Waals surface area contributed by atoms with Crippen LogP contribution in [0.5, 0.6) is 0 Å². The maximum atomic E-state index is 13.1. The Bertz CT molecular complexity index is 991. The number of rotatable bonds is 8. The molecule has 3 rings (SSSR count). The molecule has 2 aromatic carbocycles. The molecule has 0 radical (unpaired) electrons. The third-order valence-electron chi connectivity index (χ3n) is 4.31. The molecule has 5 nitrogen and oxygen atoms in total. The third kappa shape index (κ3) is 5.58. The van der Waals surface area contributed by atoms with E-state index in [0.717, 1.165) is 23.2 Å². The number of carbonyl (C=O) groups excluding carboxylic acids is 1. The first-order chi connectivity index (χ1) is 14.0. The summed E-state index contributed by atoms with van der Waals surface area (Å²) in [5, 5.41) is 12.8. The molecule has 1 heterocycles. The van der Waals surface area contributed by atoms with Gasteiger partial charge in [0.2, 0.25) is 5.91 Å². The Hall–Kier alpha value is -2.38. The van der Waals surface area contributed by atoms with Crippen LogP contribution in [0.3, 0.4) is 0 Å². The van der Waals surface area contributed by atoms with Crippen molar-refractivity contribution in [1.29, 1.82) is 0 Å². The largest absolute Gasteiger partial charge is 0.349 e. The first-order valence-electron chi connectivity index (χ1n) is 9.32. The van der Waals surface area contributed by atoms with Gasteiger partial charge in [0.1, 0.15) is 5.82 Å². The zero-order chi connectivity index (χ0) is 20.8. The van der Waals surface area contributed by atoms with Crippen LogP contribution in [-0.2, 0) is 17.1 Å². The molecule has 0 fully saturated rings. The average molecular weight is 433 g/mol. The molecule has 1 N–H and O–H groups in total. The highest BCUT2D eigenvalue weighted by Crippen LogP contribution is 2.28. The highest BCUT2D eigenvalue weighted by molar-refractivity contribution is 7.98. The van der Waals surface area contributed by atoms with Gasteiger partial charge in [-0.25, -0.2) is 4.39 Å². The van der Waals surface area contributed by atoms with Crippen molar-refractivity contribution >= 4 is 29.3 Å². The second-order valence-corrected chi connectivity index (χ2v) is 7.99. The summed E-state index contributed by atoms with van der Waals surface area (Å²) in [5.74, 6) is 0.952. The molecule has 0 bridgehead atoms. The lowest BCUT2D eigenvalue weighted by Crippen LogP contribution is -2.24. The molecule has 3 aromatic rings. The molecule has 0 saturated heterocycles. The van der Waals surface area contributed by atoms with Gasteiger partial charge in [-0.15, -0.1) is 10.2 Å². The summed E-state index contributed by atoms with van der Waals surface area (Å²) in [6.07, 6.45) is 1.25. The van der Waals surface area contributed by atoms with Gasteiger partial charge in [-0.1, -0.05) is 48.5 Å². The smallest absolute Gasteiger partial charge is 0.220 e. The summed E-state index contributed by atoms with van der Waals surface area (Å²) in [7, 11) is 0. The number of carbonyl (C=O) groups is 1. The number of aromatic nitrogens is 3. The van der Waals surface area contributed by atoms with E-state index in [-0.39, 0.29) is 18.3 Å². The molecule has 1 aromatic heterocycles. The van der Waals surface area contributed by atoms with Gasteiger partial charge >= 0.3 is 0 Å². The van der Waals surface area contributed by atoms with Crippen LogP contribution in [-0.4, -0.2) is 20.7 Å². The number of hydrogen-bond acceptors (Lipinski definition) is 4. The van der Waals surface area contributed by atoms with Crippen molar-refractivity contribution < 1.29 is 9.18 Å². The van der Waals surface area contributed by atoms with E-state index in [4.69, 9.17) is 11.6 Å². The number of benzene rings is 2. The van der Waals surface area contributed by atoms with Crippen LogP contribution in [0.4, 0.5) is 4.39 Å². The molecule has 0 spiro atoms. The lowest BCUT2D eigenvalue weighted by atomic mass is 10.2. The van der Waals surface area contributed by atoms with Gasteiger partial charge in [-0.3, -0.25) is 9.36 Å². The quantitative estimate of drug-likeness (QED) is 0.504. The lowest BCUT2D eigenvalue weighted by Gasteiger charge is -2.14. The number of halogens is 2. The topological polar surface area (TPSA) is 59.8 Å². The number of thioether (sulfide) groups is 1. The highest BCUT2D eigenvalue weighted by Gasteiger charge is 2.17. The van der Waals surface area contributed by atoms with Crippen LogP contribution in [0, 0.1) is 12.7 Å². The second-order valence-electron chi connectivity index (χ2n) is 6.61. The molecule has 0 aliphatic rings. The first-order valence-corrected chi connectivity index (χ1v) is 10.7. The number of nitrogens with one attached hydrogen (secondary N) is 1. The molecule has 0 saturated carbocycles. The van der Waals surface area contributed by atoms with Crippen molar-refractivity contribution in [2.75, 3.05) is 0 Å². The Kier molecular flexibility index (Phi) is 7.28. The van der Waals surface area contributed by atoms with Crippen LogP contribution >= 0.6 is 23.4 Å². The Labute approximate surface area is 178 Å². The summed E-state index contributed by atoms with van der Waals surface area (Å²) in [4.78, 5) is 11.9. The van der Waals surface area contributed by atoms with E-state index in [9.17, 15) is 9.18 Å². The van der Waals surface area contributed by atoms with Gasteiger partial charge in [0, 0.05) is 17.2 Å². The fraction of sp³-hybridized carbons (Fsp3) is 0.286. The second kappa shape index (κ2) is 9.89. The van der Waals surface area contributed by atoms with E-state index in [0.29, 0.717) is 28.2 Å². The summed E-state index contributed by atoms with van der Waals surface area (Å²) < 4.78 is 15.1. The predicted molar refractivity (Wildman–Crippen MR) is 114 cm³/mol. The van der Waals surface area contributed by atoms with E-state index in [1.165, 1.54) is 23.9 Å². The van der Waals surface area contributed by atoms with Gasteiger partial charge in [-0.2, -0.15) is 0 Å². The van der Waals surface area contributed by atoms with Crippen molar-refractivity contribution in [3.8, 4) is 5.69 Å². The summed E-state index contributed by atoms with van der Waals surface area (Å²) >= 11 is 7.72. The van der Waals surface area contributed by atoms with Crippen LogP contribution in [0.15, 0.2) is 47.6 Å². The molecule has 0 aliphatic heterocycles. The van der Waals surface area contributed by atoms with Crippen molar-refractivity contribution in [3.63, 3.8) is 0 Å². The van der Waals surface area contributed by atoms with Gasteiger partial charge in [-0.05, 0) is 48.7 Å². The predicted octanol–water partition coefficient (Wildman–Crippen LogP) is 5.08. The Morgan fingerprint density at radius 3 is 2.69 bits per heavy atom. The maximum Gasteiger partial charge on any atom is 0.220 e. The minimum absolute atomic E-state index is 0.0228. The summed E-state index contributed by atoms with van der Waals surface area (Å²) in [6, 6.07) is 12.0. The summed E-state index contributed by atoms with van der Waals surface area (Å²) in [5.41, 5.74) is 2.86. The zero-order valence-corrected chi connectivity index (χ0v) is 17.9. The minimum atomic E-state index is -0.262. The molecular weight excluding hydrogens is 411 g/mol. The van der Waals surface area contributed by atoms with E-state index in [2.05, 4.69) is 15.5 Å². The monoisotopic (exact) mass is 432 g/mol. The van der Waals surface area contributed by atoms with Gasteiger partial charge in [0.25, 0.3) is 0 Å². The van der Waals surface area contributed by atoms with E-state index in [1.807, 2.05) is 36.6 Å². The van der Waals surface area contributed by atoms with Crippen molar-refractivity contribution in [2.24, 2.45) is 0 Å². The molecule has 8 heteroatoms. The maximum absolute atomic E-state index is 13.1. The van der Waals surface area contributed by atoms with Crippen molar-refractivity contribution in [1.82, 2.24) is 20.1 Å². The minimum Gasteiger partial charge on any atom is -0.349 e. The standard InChI is InChI=1S/C21H22ClFN4OS/c1-3-4-20(28)24-12-19-25-26-21(29-13-15-6-9-17(23)10-7-15)27(19)18-11-16(22)8-5-14(18)2/h5-11H,3-4,12-13H2,1-2H3,(H,24,28). The zero-order valence-electron chi connectivity index (χ0n) is 16.3. The van der Waals surface area contributed by atoms with Crippen LogP contribution in [0.2, 0.25) is 5.02 Å². The van der Waals surface area contributed by atoms with Crippen LogP contribution < -0.4 is 5.32 Å². The summed E-state index contributed by atoms with van der Waals surface area (Å²) in [6.45, 7) is 4.22. The van der Waals surface area contributed by atoms with Crippen molar-refractivity contribution in [3.05, 3.63) is 70.3 Å². The molecule has 1 amide bonds. The SMILES string of the molecule is CCCC(=O)NCc1nnc(SCc2ccc(F)cc2)n1-c1cc(Cl)ccc1C. The fourth-order valence-corrected chi connectivity index (χ4v) is 3.88. The normalized spacial score (nSPS) is 10.9. The molecule has 29 heavy (non-hydrogen) atoms. The van der Waals surface area contributed by atoms with E-state index in [1.54, 1.807) is 12.1 Å². The Morgan fingerprint density at radius 1 is 1.21 bits per heavy atom. The fourth-order valence-electron chi connectivity index (χ4n) is 2.80. The van der Waals surface area contributed by atoms with Gasteiger partial charge in [0.05, 0.1) is 12.2 Å². The van der Waals surface area contributed by atoms with Crippen molar-refractivity contribution in [2.45, 2.75) is 44.1 Å². The third-order valence-corrected chi connectivity index (χ3v) is 5.55. The molecule has 152 valence electrons. The van der Waals surface area contributed by atoms with E-state index >= 15 is 0 Å². The average Bonchev–Trinajstić information content (AvgIpc) is 3.10. The molecule has 0 atom stereocenters. The Morgan fingerprint density at radius 2 is 1.97 bits per heavy atom. The van der Waals surface area contributed by atoms with Crippen LogP contribution in [0.25, 0.3) is 5.69 Å². The lowest BCUT2D eigenvalue weighted by molar-refractivity contribution is -0.121. The van der Waals surface area contributed by atoms with Gasteiger partial charge < -0.3 is 5.32 Å². The first kappa shape index (κ1) is 21.3.